The van der Waals surface area contributed by atoms with Gasteiger partial charge in [0.2, 0.25) is 11.8 Å². The van der Waals surface area contributed by atoms with Gasteiger partial charge in [0.1, 0.15) is 0 Å². The Labute approximate surface area is 100 Å². The zero-order valence-electron chi connectivity index (χ0n) is 9.90. The van der Waals surface area contributed by atoms with Gasteiger partial charge >= 0.3 is 0 Å². The number of carbonyl (C=O) groups excluding carboxylic acids is 2. The number of aromatic nitrogens is 1. The summed E-state index contributed by atoms with van der Waals surface area (Å²) in [4.78, 5) is 22.5. The lowest BCUT2D eigenvalue weighted by Crippen LogP contribution is -2.50. The lowest BCUT2D eigenvalue weighted by atomic mass is 10.1. The Morgan fingerprint density at radius 2 is 2.35 bits per heavy atom. The Balaban J connectivity index is 1.85. The molecule has 1 aliphatic rings. The molecule has 0 aromatic carbocycles. The van der Waals surface area contributed by atoms with E-state index >= 15 is 0 Å². The second kappa shape index (κ2) is 5.14. The van der Waals surface area contributed by atoms with Crippen molar-refractivity contribution < 1.29 is 9.59 Å². The summed E-state index contributed by atoms with van der Waals surface area (Å²) in [7, 11) is 0. The molecular weight excluding hydrogens is 218 g/mol. The van der Waals surface area contributed by atoms with Crippen LogP contribution in [0.25, 0.3) is 0 Å². The molecule has 1 fully saturated rings. The van der Waals surface area contributed by atoms with Crippen LogP contribution in [0.2, 0.25) is 0 Å². The quantitative estimate of drug-likeness (QED) is 0.743. The summed E-state index contributed by atoms with van der Waals surface area (Å²) in [6.07, 6.45) is 5.07. The largest absolute Gasteiger partial charge is 0.354 e. The van der Waals surface area contributed by atoms with Crippen LogP contribution in [0.3, 0.4) is 0 Å². The van der Waals surface area contributed by atoms with E-state index in [0.717, 1.165) is 12.1 Å². The maximum Gasteiger partial charge on any atom is 0.243 e. The lowest BCUT2D eigenvalue weighted by molar-refractivity contribution is -0.134. The highest BCUT2D eigenvalue weighted by atomic mass is 16.2. The maximum atomic E-state index is 11.5. The third-order valence-corrected chi connectivity index (χ3v) is 2.97. The van der Waals surface area contributed by atoms with Crippen LogP contribution < -0.4 is 10.6 Å². The molecule has 1 aromatic rings. The lowest BCUT2D eigenvalue weighted by Gasteiger charge is -2.21. The summed E-state index contributed by atoms with van der Waals surface area (Å²) in [5.74, 6) is -0.388. The molecule has 92 valence electrons. The molecule has 1 atom stereocenters. The minimum Gasteiger partial charge on any atom is -0.354 e. The van der Waals surface area contributed by atoms with Crippen molar-refractivity contribution in [3.05, 3.63) is 24.0 Å². The number of carbonyl (C=O) groups is 2. The number of imide groups is 1. The number of rotatable bonds is 4. The number of piperidine rings is 1. The van der Waals surface area contributed by atoms with Gasteiger partial charge in [-0.05, 0) is 25.0 Å². The molecule has 0 bridgehead atoms. The van der Waals surface area contributed by atoms with E-state index in [0.29, 0.717) is 19.4 Å². The second-order valence-corrected chi connectivity index (χ2v) is 4.23. The van der Waals surface area contributed by atoms with Crippen molar-refractivity contribution >= 4 is 11.8 Å². The molecule has 1 aliphatic heterocycles. The van der Waals surface area contributed by atoms with Crippen LogP contribution in [0.1, 0.15) is 25.3 Å². The predicted molar refractivity (Wildman–Crippen MR) is 63.1 cm³/mol. The van der Waals surface area contributed by atoms with Gasteiger partial charge in [-0.2, -0.15) is 0 Å². The Kier molecular flexibility index (Phi) is 3.58. The number of aryl methyl sites for hydroxylation is 1. The van der Waals surface area contributed by atoms with Gasteiger partial charge in [0.25, 0.3) is 0 Å². The monoisotopic (exact) mass is 235 g/mol. The highest BCUT2D eigenvalue weighted by Crippen LogP contribution is 2.06. The summed E-state index contributed by atoms with van der Waals surface area (Å²) >= 11 is 0. The van der Waals surface area contributed by atoms with E-state index in [1.54, 1.807) is 0 Å². The molecule has 2 N–H and O–H groups in total. The van der Waals surface area contributed by atoms with Gasteiger partial charge in [-0.1, -0.05) is 0 Å². The van der Waals surface area contributed by atoms with E-state index in [-0.39, 0.29) is 17.9 Å². The SMILES string of the molecule is CCn1ccc(CNC2CCC(=O)NC2=O)c1. The van der Waals surface area contributed by atoms with Crippen molar-refractivity contribution in [1.29, 1.82) is 0 Å². The first kappa shape index (κ1) is 11.9. The van der Waals surface area contributed by atoms with Gasteiger partial charge in [-0.25, -0.2) is 0 Å². The van der Waals surface area contributed by atoms with E-state index in [1.807, 2.05) is 12.3 Å². The smallest absolute Gasteiger partial charge is 0.243 e. The standard InChI is InChI=1S/C12H17N3O2/c1-2-15-6-5-9(8-15)7-13-10-3-4-11(16)14-12(10)17/h5-6,8,10,13H,2-4,7H2,1H3,(H,14,16,17). The van der Waals surface area contributed by atoms with Gasteiger partial charge < -0.3 is 9.88 Å². The molecule has 1 aromatic heterocycles. The van der Waals surface area contributed by atoms with Crippen LogP contribution in [0.4, 0.5) is 0 Å². The zero-order valence-corrected chi connectivity index (χ0v) is 9.90. The molecule has 17 heavy (non-hydrogen) atoms. The summed E-state index contributed by atoms with van der Waals surface area (Å²) in [5.41, 5.74) is 1.15. The van der Waals surface area contributed by atoms with E-state index in [1.165, 1.54) is 0 Å². The molecule has 0 saturated carbocycles. The first-order valence-electron chi connectivity index (χ1n) is 5.90. The van der Waals surface area contributed by atoms with Crippen LogP contribution in [-0.2, 0) is 22.7 Å². The van der Waals surface area contributed by atoms with Crippen molar-refractivity contribution in [2.24, 2.45) is 0 Å². The number of nitrogens with one attached hydrogen (secondary N) is 2. The predicted octanol–water partition coefficient (Wildman–Crippen LogP) is 0.403. The molecule has 0 radical (unpaired) electrons. The highest BCUT2D eigenvalue weighted by molar-refractivity contribution is 6.00. The fourth-order valence-corrected chi connectivity index (χ4v) is 1.92. The highest BCUT2D eigenvalue weighted by Gasteiger charge is 2.25. The normalized spacial score (nSPS) is 20.4. The molecule has 0 spiro atoms. The molecule has 2 rings (SSSR count). The fraction of sp³-hybridized carbons (Fsp3) is 0.500. The van der Waals surface area contributed by atoms with Crippen molar-refractivity contribution in [2.75, 3.05) is 0 Å². The molecule has 2 amide bonds. The van der Waals surface area contributed by atoms with E-state index < -0.39 is 0 Å². The van der Waals surface area contributed by atoms with Crippen molar-refractivity contribution in [3.63, 3.8) is 0 Å². The summed E-state index contributed by atoms with van der Waals surface area (Å²) in [6, 6.07) is 1.78. The van der Waals surface area contributed by atoms with Crippen molar-refractivity contribution in [2.45, 2.75) is 38.9 Å². The zero-order chi connectivity index (χ0) is 12.3. The number of nitrogens with zero attached hydrogens (tertiary/aromatic N) is 1. The van der Waals surface area contributed by atoms with Crippen molar-refractivity contribution in [3.8, 4) is 0 Å². The summed E-state index contributed by atoms with van der Waals surface area (Å²) in [5, 5.41) is 5.50. The first-order valence-corrected chi connectivity index (χ1v) is 5.90. The minimum atomic E-state index is -0.252. The Hall–Kier alpha value is -1.62. The van der Waals surface area contributed by atoms with Gasteiger partial charge in [-0.15, -0.1) is 0 Å². The average molecular weight is 235 g/mol. The molecule has 2 heterocycles. The van der Waals surface area contributed by atoms with E-state index in [4.69, 9.17) is 0 Å². The van der Waals surface area contributed by atoms with Crippen LogP contribution in [0.15, 0.2) is 18.5 Å². The average Bonchev–Trinajstić information content (AvgIpc) is 2.76. The Morgan fingerprint density at radius 3 is 3.00 bits per heavy atom. The molecule has 5 nitrogen and oxygen atoms in total. The number of hydrogen-bond acceptors (Lipinski definition) is 3. The maximum absolute atomic E-state index is 11.5. The molecule has 1 saturated heterocycles. The minimum absolute atomic E-state index is 0.176. The van der Waals surface area contributed by atoms with Gasteiger partial charge in [0.05, 0.1) is 6.04 Å². The van der Waals surface area contributed by atoms with E-state index in [9.17, 15) is 9.59 Å². The summed E-state index contributed by atoms with van der Waals surface area (Å²) in [6.45, 7) is 3.68. The number of amides is 2. The topological polar surface area (TPSA) is 63.1 Å². The van der Waals surface area contributed by atoms with Crippen LogP contribution in [0, 0.1) is 0 Å². The fourth-order valence-electron chi connectivity index (χ4n) is 1.92. The Bertz CT molecular complexity index is 425. The van der Waals surface area contributed by atoms with Crippen molar-refractivity contribution in [1.82, 2.24) is 15.2 Å². The van der Waals surface area contributed by atoms with E-state index in [2.05, 4.69) is 28.3 Å². The first-order chi connectivity index (χ1) is 8.19. The summed E-state index contributed by atoms with van der Waals surface area (Å²) < 4.78 is 2.08. The van der Waals surface area contributed by atoms with Gasteiger partial charge in [-0.3, -0.25) is 14.9 Å². The van der Waals surface area contributed by atoms with Gasteiger partial charge in [0.15, 0.2) is 0 Å². The Morgan fingerprint density at radius 1 is 1.53 bits per heavy atom. The third-order valence-electron chi connectivity index (χ3n) is 2.97. The van der Waals surface area contributed by atoms with Crippen LogP contribution in [-0.4, -0.2) is 22.4 Å². The molecule has 1 unspecified atom stereocenters. The molecule has 5 heteroatoms. The molecular formula is C12H17N3O2. The second-order valence-electron chi connectivity index (χ2n) is 4.23. The van der Waals surface area contributed by atoms with Crippen LogP contribution >= 0.6 is 0 Å². The third kappa shape index (κ3) is 2.94. The van der Waals surface area contributed by atoms with Crippen LogP contribution in [0.5, 0.6) is 0 Å². The van der Waals surface area contributed by atoms with Gasteiger partial charge in [0, 0.05) is 31.9 Å². The molecule has 0 aliphatic carbocycles. The number of hydrogen-bond donors (Lipinski definition) is 2.